The Morgan fingerprint density at radius 2 is 1.72 bits per heavy atom. The zero-order valence-corrected chi connectivity index (χ0v) is 9.64. The van der Waals surface area contributed by atoms with Crippen LogP contribution in [0.4, 0.5) is 0 Å². The second-order valence-electron chi connectivity index (χ2n) is 3.64. The van der Waals surface area contributed by atoms with Crippen LogP contribution in [0.15, 0.2) is 35.2 Å². The van der Waals surface area contributed by atoms with Crippen LogP contribution in [0.25, 0.3) is 10.8 Å². The zero-order chi connectivity index (χ0) is 13.5. The van der Waals surface area contributed by atoms with Crippen molar-refractivity contribution < 1.29 is 28.0 Å². The summed E-state index contributed by atoms with van der Waals surface area (Å²) in [6.45, 7) is 0. The van der Waals surface area contributed by atoms with E-state index in [-0.39, 0.29) is 15.8 Å². The summed E-state index contributed by atoms with van der Waals surface area (Å²) in [5.74, 6) is -2.07. The van der Waals surface area contributed by atoms with Gasteiger partial charge in [-0.2, -0.15) is 8.42 Å². The lowest BCUT2D eigenvalue weighted by Gasteiger charge is -2.03. The summed E-state index contributed by atoms with van der Waals surface area (Å²) in [6.07, 6.45) is 0. The van der Waals surface area contributed by atoms with E-state index < -0.39 is 21.8 Å². The van der Waals surface area contributed by atoms with Gasteiger partial charge in [0.25, 0.3) is 10.1 Å². The van der Waals surface area contributed by atoms with Gasteiger partial charge in [0, 0.05) is 0 Å². The highest BCUT2D eigenvalue weighted by Crippen LogP contribution is 2.27. The quantitative estimate of drug-likeness (QED) is 0.807. The van der Waals surface area contributed by atoms with E-state index >= 15 is 0 Å². The second-order valence-corrected chi connectivity index (χ2v) is 5.06. The lowest BCUT2D eigenvalue weighted by Crippen LogP contribution is -1.99. The molecule has 0 spiro atoms. The zero-order valence-electron chi connectivity index (χ0n) is 8.82. The van der Waals surface area contributed by atoms with Crippen LogP contribution in [0.1, 0.15) is 10.4 Å². The van der Waals surface area contributed by atoms with Gasteiger partial charge >= 0.3 is 5.97 Å². The number of rotatable bonds is 2. The molecule has 0 amide bonds. The molecule has 7 heteroatoms. The fraction of sp³-hybridized carbons (Fsp3) is 0. The largest absolute Gasteiger partial charge is 0.478 e. The van der Waals surface area contributed by atoms with E-state index in [0.717, 1.165) is 24.3 Å². The molecule has 2 aromatic carbocycles. The number of carboxylic acid groups (broad SMARTS) is 1. The van der Waals surface area contributed by atoms with Crippen LogP contribution in [0, 0.1) is 0 Å². The molecule has 0 aromatic heterocycles. The predicted molar refractivity (Wildman–Crippen MR) is 60.9 cm³/mol. The standard InChI is InChI=1S/C11H7O6S/c12-10-5-7-3-8(18(15,16)17)2-1-6(7)4-9(10)11(13)14/h1-5H,(H,13,14)(H,15,16,17). The molecule has 0 unspecified atom stereocenters. The van der Waals surface area contributed by atoms with Crippen molar-refractivity contribution in [3.8, 4) is 5.75 Å². The summed E-state index contributed by atoms with van der Waals surface area (Å²) in [7, 11) is -4.35. The topological polar surface area (TPSA) is 112 Å². The van der Waals surface area contributed by atoms with Gasteiger partial charge in [0.1, 0.15) is 5.56 Å². The van der Waals surface area contributed by atoms with Crippen molar-refractivity contribution >= 4 is 26.9 Å². The Morgan fingerprint density at radius 3 is 2.28 bits per heavy atom. The van der Waals surface area contributed by atoms with Gasteiger partial charge in [0.15, 0.2) is 5.75 Å². The minimum absolute atomic E-state index is 0.250. The SMILES string of the molecule is [O]c1cc2cc(S(=O)(=O)O)ccc2cc1C(=O)O. The molecule has 0 fully saturated rings. The highest BCUT2D eigenvalue weighted by Gasteiger charge is 2.15. The molecule has 6 nitrogen and oxygen atoms in total. The van der Waals surface area contributed by atoms with Crippen molar-refractivity contribution in [3.63, 3.8) is 0 Å². The summed E-state index contributed by atoms with van der Waals surface area (Å²) in [5.41, 5.74) is -0.387. The Balaban J connectivity index is 2.74. The average molecular weight is 267 g/mol. The molecule has 0 aliphatic rings. The van der Waals surface area contributed by atoms with E-state index in [9.17, 15) is 18.3 Å². The van der Waals surface area contributed by atoms with Gasteiger partial charge in [-0.25, -0.2) is 4.79 Å². The molecule has 0 heterocycles. The van der Waals surface area contributed by atoms with Crippen LogP contribution in [-0.2, 0) is 15.2 Å². The van der Waals surface area contributed by atoms with E-state index in [4.69, 9.17) is 9.66 Å². The summed E-state index contributed by atoms with van der Waals surface area (Å²) in [5, 5.41) is 20.9. The maximum Gasteiger partial charge on any atom is 0.339 e. The first-order valence-corrected chi connectivity index (χ1v) is 6.18. The second kappa shape index (κ2) is 3.97. The molecule has 0 aliphatic carbocycles. The molecular formula is C11H7O6S. The van der Waals surface area contributed by atoms with Crippen molar-refractivity contribution in [1.29, 1.82) is 0 Å². The normalized spacial score (nSPS) is 11.6. The monoisotopic (exact) mass is 267 g/mol. The van der Waals surface area contributed by atoms with Crippen molar-refractivity contribution in [2.75, 3.05) is 0 Å². The maximum absolute atomic E-state index is 11.4. The molecule has 2 N–H and O–H groups in total. The lowest BCUT2D eigenvalue weighted by atomic mass is 10.1. The van der Waals surface area contributed by atoms with Gasteiger partial charge in [-0.05, 0) is 35.0 Å². The maximum atomic E-state index is 11.4. The predicted octanol–water partition coefficient (Wildman–Crippen LogP) is 1.93. The fourth-order valence-electron chi connectivity index (χ4n) is 1.58. The number of benzene rings is 2. The van der Waals surface area contributed by atoms with Gasteiger partial charge in [0.05, 0.1) is 4.90 Å². The van der Waals surface area contributed by atoms with Crippen molar-refractivity contribution in [3.05, 3.63) is 35.9 Å². The van der Waals surface area contributed by atoms with Gasteiger partial charge in [-0.1, -0.05) is 6.07 Å². The van der Waals surface area contributed by atoms with Gasteiger partial charge in [0.2, 0.25) is 0 Å². The summed E-state index contributed by atoms with van der Waals surface area (Å²) in [6, 6.07) is 5.75. The highest BCUT2D eigenvalue weighted by molar-refractivity contribution is 7.85. The minimum atomic E-state index is -4.35. The third-order valence-electron chi connectivity index (χ3n) is 2.44. The smallest absolute Gasteiger partial charge is 0.339 e. The molecule has 2 aromatic rings. The molecule has 18 heavy (non-hydrogen) atoms. The molecule has 0 saturated heterocycles. The molecule has 0 saturated carbocycles. The van der Waals surface area contributed by atoms with E-state index in [1.165, 1.54) is 6.07 Å². The summed E-state index contributed by atoms with van der Waals surface area (Å²) < 4.78 is 30.7. The van der Waals surface area contributed by atoms with Crippen LogP contribution in [0.2, 0.25) is 0 Å². The molecule has 2 rings (SSSR count). The number of aromatic carboxylic acids is 1. The molecule has 0 aliphatic heterocycles. The molecule has 0 atom stereocenters. The molecule has 93 valence electrons. The Kier molecular flexibility index (Phi) is 2.72. The Hall–Kier alpha value is -2.12. The Labute approximate surface area is 102 Å². The van der Waals surface area contributed by atoms with E-state index in [1.54, 1.807) is 0 Å². The van der Waals surface area contributed by atoms with Crippen LogP contribution in [-0.4, -0.2) is 24.0 Å². The highest BCUT2D eigenvalue weighted by atomic mass is 32.2. The van der Waals surface area contributed by atoms with Crippen molar-refractivity contribution in [2.45, 2.75) is 4.90 Å². The van der Waals surface area contributed by atoms with Crippen LogP contribution >= 0.6 is 0 Å². The van der Waals surface area contributed by atoms with E-state index in [2.05, 4.69) is 0 Å². The molecule has 0 bridgehead atoms. The number of carboxylic acids is 1. The third-order valence-corrected chi connectivity index (χ3v) is 3.29. The first kappa shape index (κ1) is 12.3. The fourth-order valence-corrected chi connectivity index (χ4v) is 2.10. The van der Waals surface area contributed by atoms with E-state index in [1.807, 2.05) is 0 Å². The number of hydrogen-bond donors (Lipinski definition) is 2. The molecule has 1 radical (unpaired) electrons. The van der Waals surface area contributed by atoms with Crippen LogP contribution in [0.3, 0.4) is 0 Å². The van der Waals surface area contributed by atoms with Gasteiger partial charge in [-0.3, -0.25) is 9.66 Å². The number of hydrogen-bond acceptors (Lipinski definition) is 3. The van der Waals surface area contributed by atoms with Crippen molar-refractivity contribution in [2.24, 2.45) is 0 Å². The summed E-state index contributed by atoms with van der Waals surface area (Å²) >= 11 is 0. The summed E-state index contributed by atoms with van der Waals surface area (Å²) in [4.78, 5) is 10.4. The number of fused-ring (bicyclic) bond motifs is 1. The van der Waals surface area contributed by atoms with Gasteiger partial charge < -0.3 is 5.11 Å². The van der Waals surface area contributed by atoms with Crippen LogP contribution in [0.5, 0.6) is 5.75 Å². The Morgan fingerprint density at radius 1 is 1.06 bits per heavy atom. The van der Waals surface area contributed by atoms with Crippen molar-refractivity contribution in [1.82, 2.24) is 0 Å². The first-order valence-electron chi connectivity index (χ1n) is 4.74. The first-order chi connectivity index (χ1) is 8.29. The van der Waals surface area contributed by atoms with E-state index in [0.29, 0.717) is 5.39 Å². The van der Waals surface area contributed by atoms with Crippen LogP contribution < -0.4 is 0 Å². The number of carbonyl (C=O) groups is 1. The van der Waals surface area contributed by atoms with Gasteiger partial charge in [-0.15, -0.1) is 0 Å². The minimum Gasteiger partial charge on any atom is -0.478 e. The Bertz CT molecular complexity index is 747. The lowest BCUT2D eigenvalue weighted by molar-refractivity contribution is 0.0692. The third kappa shape index (κ3) is 2.13. The molecular weight excluding hydrogens is 260 g/mol. The average Bonchev–Trinajstić information content (AvgIpc) is 2.25.